The van der Waals surface area contributed by atoms with E-state index < -0.39 is 0 Å². The van der Waals surface area contributed by atoms with Crippen LogP contribution >= 0.6 is 12.4 Å². The Balaban J connectivity index is -0.000000500. The number of hydrogen-bond donors (Lipinski definition) is 1. The Hall–Kier alpha value is 0.210. The second-order valence-electron chi connectivity index (χ2n) is 3.57. The summed E-state index contributed by atoms with van der Waals surface area (Å²) in [5.41, 5.74) is 0. The van der Waals surface area contributed by atoms with Crippen molar-refractivity contribution in [3.63, 3.8) is 0 Å². The van der Waals surface area contributed by atoms with Crippen LogP contribution in [0.4, 0.5) is 0 Å². The van der Waals surface area contributed by atoms with Crippen molar-refractivity contribution in [2.45, 2.75) is 45.4 Å². The monoisotopic (exact) mass is 210 g/mol. The van der Waals surface area contributed by atoms with Gasteiger partial charge in [0.15, 0.2) is 0 Å². The van der Waals surface area contributed by atoms with Crippen molar-refractivity contribution < 1.29 is 0 Å². The molecule has 0 aliphatic carbocycles. The molecule has 0 aromatic carbocycles. The molecule has 0 amide bonds. The highest BCUT2D eigenvalue weighted by molar-refractivity contribution is 5.85. The lowest BCUT2D eigenvalue weighted by Gasteiger charge is -2.08. The van der Waals surface area contributed by atoms with Gasteiger partial charge in [-0.15, -0.1) is 12.4 Å². The number of hydrogen-bond acceptors (Lipinski definition) is 2. The molecule has 2 nitrogen and oxygen atoms in total. The molecule has 3 heteroatoms. The summed E-state index contributed by atoms with van der Waals surface area (Å²) in [6.07, 6.45) is 8.43. The Morgan fingerprint density at radius 1 is 0.846 bits per heavy atom. The predicted octanol–water partition coefficient (Wildman–Crippen LogP) is 3.49. The number of nitrogens with zero attached hydrogens (tertiary/aromatic N) is 1. The molecule has 0 rings (SSSR count). The zero-order valence-electron chi connectivity index (χ0n) is 9.51. The van der Waals surface area contributed by atoms with Crippen LogP contribution in [0, 0.1) is 0 Å². The van der Waals surface area contributed by atoms with Crippen molar-refractivity contribution in [3.8, 4) is 0 Å². The first kappa shape index (κ1) is 18.9. The van der Waals surface area contributed by atoms with Gasteiger partial charge in [0.25, 0.3) is 0 Å². The summed E-state index contributed by atoms with van der Waals surface area (Å²) in [5, 5.41) is 0. The van der Waals surface area contributed by atoms with Crippen molar-refractivity contribution in [2.24, 2.45) is 0 Å². The molecule has 0 aliphatic heterocycles. The Bertz CT molecular complexity index is 77.3. The SMILES string of the molecule is CCCCCCCCN(C)C.Cl.N. The van der Waals surface area contributed by atoms with Gasteiger partial charge in [-0.2, -0.15) is 0 Å². The third kappa shape index (κ3) is 18.9. The molecule has 0 aromatic heterocycles. The van der Waals surface area contributed by atoms with Crippen molar-refractivity contribution in [1.82, 2.24) is 11.1 Å². The molecule has 0 atom stereocenters. The van der Waals surface area contributed by atoms with Crippen LogP contribution in [-0.2, 0) is 0 Å². The first-order valence-electron chi connectivity index (χ1n) is 4.92. The van der Waals surface area contributed by atoms with E-state index in [0.29, 0.717) is 0 Å². The lowest BCUT2D eigenvalue weighted by Crippen LogP contribution is -2.12. The summed E-state index contributed by atoms with van der Waals surface area (Å²) in [7, 11) is 4.29. The first-order chi connectivity index (χ1) is 5.27. The Labute approximate surface area is 90.1 Å². The second-order valence-corrected chi connectivity index (χ2v) is 3.57. The van der Waals surface area contributed by atoms with Gasteiger partial charge in [-0.25, -0.2) is 0 Å². The smallest absolute Gasteiger partial charge is 0.00248 e. The lowest BCUT2D eigenvalue weighted by atomic mass is 10.1. The molecule has 3 N–H and O–H groups in total. The Kier molecular flexibility index (Phi) is 21.4. The highest BCUT2D eigenvalue weighted by Gasteiger charge is 1.90. The summed E-state index contributed by atoms with van der Waals surface area (Å²) in [5.74, 6) is 0. The van der Waals surface area contributed by atoms with Crippen LogP contribution in [0.5, 0.6) is 0 Å². The summed E-state index contributed by atoms with van der Waals surface area (Å²) in [4.78, 5) is 2.26. The van der Waals surface area contributed by atoms with Gasteiger partial charge in [-0.3, -0.25) is 0 Å². The normalized spacial score (nSPS) is 9.23. The van der Waals surface area contributed by atoms with E-state index in [2.05, 4.69) is 25.9 Å². The summed E-state index contributed by atoms with van der Waals surface area (Å²) in [6.45, 7) is 3.52. The Morgan fingerprint density at radius 2 is 1.31 bits per heavy atom. The predicted molar refractivity (Wildman–Crippen MR) is 64.2 cm³/mol. The molecule has 0 saturated heterocycles. The molecule has 13 heavy (non-hydrogen) atoms. The summed E-state index contributed by atoms with van der Waals surface area (Å²) in [6, 6.07) is 0. The van der Waals surface area contributed by atoms with E-state index >= 15 is 0 Å². The maximum absolute atomic E-state index is 2.26. The van der Waals surface area contributed by atoms with E-state index in [1.807, 2.05) is 0 Å². The standard InChI is InChI=1S/C10H23N.ClH.H3N/c1-4-5-6-7-8-9-10-11(2)3;;/h4-10H2,1-3H3;1H;1H3. The van der Waals surface area contributed by atoms with E-state index in [1.54, 1.807) is 0 Å². The second kappa shape index (κ2) is 14.7. The Morgan fingerprint density at radius 3 is 1.77 bits per heavy atom. The van der Waals surface area contributed by atoms with E-state index in [1.165, 1.54) is 45.1 Å². The summed E-state index contributed by atoms with van der Waals surface area (Å²) < 4.78 is 0. The number of halogens is 1. The van der Waals surface area contributed by atoms with Crippen molar-refractivity contribution in [2.75, 3.05) is 20.6 Å². The maximum Gasteiger partial charge on any atom is -0.00248 e. The van der Waals surface area contributed by atoms with Crippen molar-refractivity contribution >= 4 is 12.4 Å². The highest BCUT2D eigenvalue weighted by atomic mass is 35.5. The van der Waals surface area contributed by atoms with Gasteiger partial charge in [-0.1, -0.05) is 39.0 Å². The minimum absolute atomic E-state index is 0. The van der Waals surface area contributed by atoms with E-state index in [0.717, 1.165) is 0 Å². The minimum atomic E-state index is 0. The van der Waals surface area contributed by atoms with Gasteiger partial charge in [0.2, 0.25) is 0 Å². The largest absolute Gasteiger partial charge is 0.344 e. The van der Waals surface area contributed by atoms with E-state index in [-0.39, 0.29) is 18.6 Å². The van der Waals surface area contributed by atoms with E-state index in [4.69, 9.17) is 0 Å². The zero-order chi connectivity index (χ0) is 8.53. The molecule has 0 aliphatic rings. The van der Waals surface area contributed by atoms with Gasteiger partial charge in [0.1, 0.15) is 0 Å². The van der Waals surface area contributed by atoms with Gasteiger partial charge in [0.05, 0.1) is 0 Å². The fraction of sp³-hybridized carbons (Fsp3) is 1.00. The third-order valence-corrected chi connectivity index (χ3v) is 1.96. The van der Waals surface area contributed by atoms with Crippen LogP contribution in [0.25, 0.3) is 0 Å². The van der Waals surface area contributed by atoms with Gasteiger partial charge in [0, 0.05) is 0 Å². The summed E-state index contributed by atoms with van der Waals surface area (Å²) >= 11 is 0. The van der Waals surface area contributed by atoms with Crippen LogP contribution in [0.3, 0.4) is 0 Å². The fourth-order valence-corrected chi connectivity index (χ4v) is 1.21. The molecule has 0 spiro atoms. The zero-order valence-corrected chi connectivity index (χ0v) is 10.3. The molecule has 0 heterocycles. The molecule has 0 fully saturated rings. The van der Waals surface area contributed by atoms with Crippen LogP contribution in [0.15, 0.2) is 0 Å². The molecule has 0 unspecified atom stereocenters. The van der Waals surface area contributed by atoms with Crippen molar-refractivity contribution in [3.05, 3.63) is 0 Å². The molecule has 0 bridgehead atoms. The average molecular weight is 211 g/mol. The number of unbranched alkanes of at least 4 members (excludes halogenated alkanes) is 5. The fourth-order valence-electron chi connectivity index (χ4n) is 1.21. The van der Waals surface area contributed by atoms with Gasteiger partial charge < -0.3 is 11.1 Å². The number of rotatable bonds is 7. The maximum atomic E-state index is 2.26. The molecule has 0 radical (unpaired) electrons. The van der Waals surface area contributed by atoms with Crippen LogP contribution in [-0.4, -0.2) is 25.5 Å². The topological polar surface area (TPSA) is 38.2 Å². The van der Waals surface area contributed by atoms with Crippen molar-refractivity contribution in [1.29, 1.82) is 0 Å². The minimum Gasteiger partial charge on any atom is -0.344 e. The molecule has 0 aromatic rings. The average Bonchev–Trinajstić information content (AvgIpc) is 1.96. The first-order valence-corrected chi connectivity index (χ1v) is 4.92. The molecular weight excluding hydrogens is 184 g/mol. The quantitative estimate of drug-likeness (QED) is 0.654. The molecule has 0 saturated carbocycles. The van der Waals surface area contributed by atoms with Crippen LogP contribution in [0.1, 0.15) is 45.4 Å². The molecular formula is C10H27ClN2. The van der Waals surface area contributed by atoms with Gasteiger partial charge >= 0.3 is 0 Å². The lowest BCUT2D eigenvalue weighted by molar-refractivity contribution is 0.389. The third-order valence-electron chi connectivity index (χ3n) is 1.96. The highest BCUT2D eigenvalue weighted by Crippen LogP contribution is 2.04. The van der Waals surface area contributed by atoms with Gasteiger partial charge in [-0.05, 0) is 27.1 Å². The van der Waals surface area contributed by atoms with Crippen LogP contribution < -0.4 is 6.15 Å². The van der Waals surface area contributed by atoms with Crippen LogP contribution in [0.2, 0.25) is 0 Å². The molecule has 84 valence electrons. The van der Waals surface area contributed by atoms with E-state index in [9.17, 15) is 0 Å².